The van der Waals surface area contributed by atoms with E-state index in [1.54, 1.807) is 6.20 Å². The second-order valence-electron chi connectivity index (χ2n) is 10.2. The molecule has 1 saturated heterocycles. The number of carbonyl (C=O) groups is 3. The topological polar surface area (TPSA) is 270 Å². The second kappa shape index (κ2) is 15.7. The minimum atomic E-state index is -5.04. The zero-order valence-electron chi connectivity index (χ0n) is 25.2. The summed E-state index contributed by atoms with van der Waals surface area (Å²) in [7, 11) is -3.51. The monoisotopic (exact) mass is 700 g/mol. The van der Waals surface area contributed by atoms with Crippen molar-refractivity contribution in [2.75, 3.05) is 32.5 Å². The Kier molecular flexibility index (Phi) is 12.3. The van der Waals surface area contributed by atoms with Gasteiger partial charge in [-0.15, -0.1) is 15.6 Å². The van der Waals surface area contributed by atoms with Gasteiger partial charge in [0.05, 0.1) is 5.54 Å². The van der Waals surface area contributed by atoms with Gasteiger partial charge in [-0.25, -0.2) is 14.2 Å². The molecule has 2 aromatic rings. The zero-order chi connectivity index (χ0) is 34.9. The Bertz CT molecular complexity index is 1680. The first-order chi connectivity index (χ1) is 22.1. The summed E-state index contributed by atoms with van der Waals surface area (Å²) < 4.78 is 55.8. The maximum atomic E-state index is 15.0. The highest BCUT2D eigenvalue weighted by Gasteiger charge is 2.58. The van der Waals surface area contributed by atoms with Gasteiger partial charge in [0.1, 0.15) is 29.9 Å². The van der Waals surface area contributed by atoms with Crippen LogP contribution in [0.2, 0.25) is 0 Å². The summed E-state index contributed by atoms with van der Waals surface area (Å²) in [6, 6.07) is 2.49. The van der Waals surface area contributed by atoms with Crippen LogP contribution in [-0.2, 0) is 33.9 Å². The van der Waals surface area contributed by atoms with Crippen molar-refractivity contribution in [3.63, 3.8) is 0 Å². The Balaban J connectivity index is 1.76. The molecular formula is C26H33FN8O10S2. The van der Waals surface area contributed by atoms with Crippen LogP contribution < -0.4 is 26.8 Å². The van der Waals surface area contributed by atoms with Gasteiger partial charge >= 0.3 is 16.4 Å². The lowest BCUT2D eigenvalue weighted by molar-refractivity contribution is -0.218. The van der Waals surface area contributed by atoms with Crippen molar-refractivity contribution in [1.29, 1.82) is 0 Å². The van der Waals surface area contributed by atoms with Crippen LogP contribution >= 0.6 is 11.3 Å². The van der Waals surface area contributed by atoms with Gasteiger partial charge in [0.2, 0.25) is 0 Å². The number of carboxylic acids is 1. The number of β-lactam (4-membered cyclic amide) rings is 1. The molecule has 1 aliphatic rings. The summed E-state index contributed by atoms with van der Waals surface area (Å²) in [6.45, 7) is 3.04. The van der Waals surface area contributed by atoms with Crippen LogP contribution in [0, 0.1) is 5.82 Å². The van der Waals surface area contributed by atoms with Gasteiger partial charge in [-0.2, -0.15) is 13.5 Å². The molecule has 1 aliphatic heterocycles. The number of anilines is 1. The van der Waals surface area contributed by atoms with Crippen LogP contribution in [0.4, 0.5) is 9.52 Å². The lowest BCUT2D eigenvalue weighted by Gasteiger charge is -2.50. The van der Waals surface area contributed by atoms with E-state index in [-0.39, 0.29) is 22.1 Å². The molecule has 1 fully saturated rings. The quantitative estimate of drug-likeness (QED) is 0.0415. The van der Waals surface area contributed by atoms with E-state index in [2.05, 4.69) is 30.0 Å². The second-order valence-corrected chi connectivity index (χ2v) is 12.1. The Labute approximate surface area is 272 Å². The number of thiazole rings is 1. The molecule has 0 saturated carbocycles. The molecule has 1 aromatic carbocycles. The summed E-state index contributed by atoms with van der Waals surface area (Å²) in [6.07, 6.45) is 1.93. The average Bonchev–Trinajstić information content (AvgIpc) is 3.42. The molecule has 18 nitrogen and oxygen atoms in total. The number of aliphatic carboxylic acids is 1. The smallest absolute Gasteiger partial charge is 0.418 e. The van der Waals surface area contributed by atoms with Gasteiger partial charge < -0.3 is 36.8 Å². The third-order valence-electron chi connectivity index (χ3n) is 6.35. The average molecular weight is 701 g/mol. The summed E-state index contributed by atoms with van der Waals surface area (Å²) in [5.41, 5.74) is 9.59. The van der Waals surface area contributed by atoms with E-state index in [1.807, 2.05) is 0 Å². The van der Waals surface area contributed by atoms with E-state index >= 15 is 4.39 Å². The molecule has 2 heterocycles. The normalized spacial score (nSPS) is 17.3. The van der Waals surface area contributed by atoms with Crippen molar-refractivity contribution in [3.8, 4) is 5.75 Å². The number of aliphatic imine (C=N–C) groups is 1. The van der Waals surface area contributed by atoms with Gasteiger partial charge in [0, 0.05) is 48.6 Å². The predicted molar refractivity (Wildman–Crippen MR) is 167 cm³/mol. The minimum absolute atomic E-state index is 0.0198. The Morgan fingerprint density at radius 1 is 1.34 bits per heavy atom. The number of nitrogens with one attached hydrogen (secondary N) is 2. The number of hydroxylamine groups is 2. The number of nitrogen functional groups attached to an aromatic ring is 1. The van der Waals surface area contributed by atoms with Crippen molar-refractivity contribution in [3.05, 3.63) is 46.9 Å². The van der Waals surface area contributed by atoms with E-state index < -0.39 is 64.0 Å². The number of halogens is 1. The number of nitrogens with two attached hydrogens (primary N) is 2. The number of hydrogen-bond acceptors (Lipinski definition) is 15. The fourth-order valence-corrected chi connectivity index (χ4v) is 4.99. The largest absolute Gasteiger partial charge is 0.489 e. The number of nitrogens with zero attached hydrogens (tertiary/aromatic N) is 4. The number of benzene rings is 1. The standard InChI is InChI=1S/C26H33FN8O10S2/c1-26(2)21(23(37)35(26)45-47(40,41)42)33-22(36)20(18-13-46-25(29)32-18)34-44-19(24(38)39)12-43-15-5-6-16(17(27)9-15)14(10-30-3)11-31-8-4-7-28/h5-6,9-11,13,19,21,31H,4,7-8,12,28H2,1-3H3,(H2,29,32)(H,33,36)(H,38,39)(H,40,41,42)/b14-11+,30-10?,34-20-/t19-,21+/m0/s1. The lowest BCUT2D eigenvalue weighted by Crippen LogP contribution is -2.76. The highest BCUT2D eigenvalue weighted by Crippen LogP contribution is 2.33. The zero-order valence-corrected chi connectivity index (χ0v) is 26.9. The molecule has 8 N–H and O–H groups in total. The number of amides is 2. The minimum Gasteiger partial charge on any atom is -0.489 e. The maximum Gasteiger partial charge on any atom is 0.418 e. The fraction of sp³-hybridized carbons (Fsp3) is 0.385. The van der Waals surface area contributed by atoms with Crippen molar-refractivity contribution in [2.45, 2.75) is 38.0 Å². The molecule has 0 aliphatic carbocycles. The van der Waals surface area contributed by atoms with E-state index in [0.29, 0.717) is 30.1 Å². The third-order valence-corrected chi connectivity index (χ3v) is 7.36. The maximum absolute atomic E-state index is 15.0. The van der Waals surface area contributed by atoms with Crippen molar-refractivity contribution in [1.82, 2.24) is 20.7 Å². The van der Waals surface area contributed by atoms with Gasteiger partial charge in [0.25, 0.3) is 17.9 Å². The van der Waals surface area contributed by atoms with Crippen molar-refractivity contribution >= 4 is 62.2 Å². The van der Waals surface area contributed by atoms with Crippen LogP contribution in [-0.4, -0.2) is 102 Å². The highest BCUT2D eigenvalue weighted by atomic mass is 32.3. The van der Waals surface area contributed by atoms with E-state index in [1.165, 1.54) is 44.6 Å². The Morgan fingerprint density at radius 2 is 2.06 bits per heavy atom. The molecule has 21 heteroatoms. The number of hydrogen-bond donors (Lipinski definition) is 6. The first kappa shape index (κ1) is 36.8. The highest BCUT2D eigenvalue weighted by molar-refractivity contribution is 7.80. The van der Waals surface area contributed by atoms with Crippen LogP contribution in [0.25, 0.3) is 5.57 Å². The number of carboxylic acid groups (broad SMARTS) is 1. The Morgan fingerprint density at radius 3 is 2.62 bits per heavy atom. The van der Waals surface area contributed by atoms with Crippen LogP contribution in [0.15, 0.2) is 39.9 Å². The number of oxime groups is 1. The third kappa shape index (κ3) is 9.65. The molecule has 0 unspecified atom stereocenters. The summed E-state index contributed by atoms with van der Waals surface area (Å²) in [5, 5.41) is 20.4. The van der Waals surface area contributed by atoms with Crippen LogP contribution in [0.3, 0.4) is 0 Å². The number of aromatic nitrogens is 1. The van der Waals surface area contributed by atoms with Crippen molar-refractivity contribution in [2.24, 2.45) is 15.9 Å². The molecule has 256 valence electrons. The van der Waals surface area contributed by atoms with Gasteiger partial charge in [0.15, 0.2) is 10.8 Å². The van der Waals surface area contributed by atoms with Crippen molar-refractivity contribution < 1.29 is 50.7 Å². The molecule has 2 atom stereocenters. The molecule has 0 radical (unpaired) electrons. The lowest BCUT2D eigenvalue weighted by atomic mass is 9.84. The number of allylic oxidation sites excluding steroid dienone is 1. The van der Waals surface area contributed by atoms with Gasteiger partial charge in [-0.3, -0.25) is 19.1 Å². The van der Waals surface area contributed by atoms with Gasteiger partial charge in [-0.1, -0.05) is 5.16 Å². The number of carbonyl (C=O) groups excluding carboxylic acids is 2. The van der Waals surface area contributed by atoms with Crippen LogP contribution in [0.5, 0.6) is 5.75 Å². The number of ether oxygens (including phenoxy) is 1. The molecule has 0 spiro atoms. The molecule has 47 heavy (non-hydrogen) atoms. The number of rotatable bonds is 17. The first-order valence-corrected chi connectivity index (χ1v) is 15.8. The molecule has 3 rings (SSSR count). The van der Waals surface area contributed by atoms with E-state index in [4.69, 9.17) is 25.6 Å². The molecule has 0 bridgehead atoms. The molecular weight excluding hydrogens is 667 g/mol. The van der Waals surface area contributed by atoms with Gasteiger partial charge in [-0.05, 0) is 38.9 Å². The predicted octanol–water partition coefficient (Wildman–Crippen LogP) is -0.0628. The summed E-state index contributed by atoms with van der Waals surface area (Å²) in [5.74, 6) is -4.38. The fourth-order valence-electron chi connectivity index (χ4n) is 3.98. The van der Waals surface area contributed by atoms with Crippen LogP contribution in [0.1, 0.15) is 31.5 Å². The molecule has 2 amide bonds. The Hall–Kier alpha value is -4.70. The summed E-state index contributed by atoms with van der Waals surface area (Å²) in [4.78, 5) is 50.6. The van der Waals surface area contributed by atoms with E-state index in [0.717, 1.165) is 17.4 Å². The van der Waals surface area contributed by atoms with E-state index in [9.17, 15) is 27.9 Å². The first-order valence-electron chi connectivity index (χ1n) is 13.6. The molecule has 1 aromatic heterocycles. The summed E-state index contributed by atoms with van der Waals surface area (Å²) >= 11 is 0.921. The SMILES string of the molecule is CN=C/C(=C\NCCCN)c1ccc(OC[C@H](O/N=C(\C(=O)N[C@@H]2C(=O)N(OS(=O)(=O)O)C2(C)C)c2csc(N)n2)C(=O)O)cc1F.